The number of ether oxygens (including phenoxy) is 1. The van der Waals surface area contributed by atoms with E-state index in [4.69, 9.17) is 21.6 Å². The van der Waals surface area contributed by atoms with E-state index in [0.717, 1.165) is 12.8 Å². The molecule has 3 aliphatic rings. The van der Waals surface area contributed by atoms with Crippen LogP contribution >= 0.6 is 11.6 Å². The van der Waals surface area contributed by atoms with Gasteiger partial charge in [-0.05, 0) is 56.9 Å². The summed E-state index contributed by atoms with van der Waals surface area (Å²) in [5, 5.41) is 17.9. The van der Waals surface area contributed by atoms with Crippen LogP contribution in [0.4, 0.5) is 10.5 Å². The second-order valence-electron chi connectivity index (χ2n) is 10.4. The largest absolute Gasteiger partial charge is 0.370 e. The maximum atomic E-state index is 13.3. The predicted molar refractivity (Wildman–Crippen MR) is 149 cm³/mol. The normalized spacial score (nSPS) is 19.2. The maximum Gasteiger partial charge on any atom is 0.331 e. The molecular formula is C27H30ClN7O5. The summed E-state index contributed by atoms with van der Waals surface area (Å²) < 4.78 is 8.54. The molecule has 1 atom stereocenters. The van der Waals surface area contributed by atoms with E-state index < -0.39 is 18.0 Å². The molecule has 0 spiro atoms. The van der Waals surface area contributed by atoms with Crippen LogP contribution in [0.5, 0.6) is 0 Å². The quantitative estimate of drug-likeness (QED) is 0.483. The zero-order valence-corrected chi connectivity index (χ0v) is 23.0. The number of dihydropyridines is 1. The number of hydrogen-bond donors (Lipinski definition) is 3. The van der Waals surface area contributed by atoms with Gasteiger partial charge in [0.1, 0.15) is 11.8 Å². The topological polar surface area (TPSA) is 150 Å². The number of halogens is 1. The summed E-state index contributed by atoms with van der Waals surface area (Å²) in [5.41, 5.74) is 0.916. The number of morpholine rings is 1. The van der Waals surface area contributed by atoms with E-state index >= 15 is 0 Å². The molecule has 3 N–H and O–H groups in total. The molecular weight excluding hydrogens is 538 g/mol. The number of carbonyl (C=O) groups excluding carboxylic acids is 2. The number of allylic oxidation sites excluding steroid dienone is 3. The van der Waals surface area contributed by atoms with Crippen molar-refractivity contribution in [3.8, 4) is 6.07 Å². The molecule has 13 heteroatoms. The van der Waals surface area contributed by atoms with Crippen molar-refractivity contribution in [2.75, 3.05) is 31.6 Å². The molecule has 5 rings (SSSR count). The number of amides is 3. The number of hydrogen-bond acceptors (Lipinski definition) is 7. The highest BCUT2D eigenvalue weighted by atomic mass is 35.5. The van der Waals surface area contributed by atoms with Gasteiger partial charge in [-0.25, -0.2) is 9.59 Å². The van der Waals surface area contributed by atoms with Gasteiger partial charge in [0.25, 0.3) is 11.5 Å². The standard InChI is InChI=1S/C27H30ClN7O5/c1-15(2)35-22-6-5-17(9-19(22)25(37)34(27(35)39)13-16-3-4-16)31-24(36)23-14-33(7-8-40-23)26(38)32-18-10-20(28)21(11-29)30-12-18/h5-6,9-10,15-16,23,30H,3-4,7-8,12-14H2,1-2H3,(H,31,36)(H,32,38). The number of urea groups is 1. The molecule has 1 unspecified atom stereocenters. The van der Waals surface area contributed by atoms with Gasteiger partial charge in [-0.2, -0.15) is 5.26 Å². The number of nitriles is 1. The zero-order chi connectivity index (χ0) is 28.6. The highest BCUT2D eigenvalue weighted by molar-refractivity contribution is 6.32. The Labute approximate surface area is 234 Å². The van der Waals surface area contributed by atoms with E-state index in [1.807, 2.05) is 19.9 Å². The van der Waals surface area contributed by atoms with Gasteiger partial charge in [0, 0.05) is 30.5 Å². The molecule has 1 aromatic carbocycles. The first kappa shape index (κ1) is 27.5. The lowest BCUT2D eigenvalue weighted by Gasteiger charge is -2.32. The number of rotatable bonds is 6. The van der Waals surface area contributed by atoms with E-state index in [-0.39, 0.29) is 54.3 Å². The summed E-state index contributed by atoms with van der Waals surface area (Å²) in [5.74, 6) is -0.125. The van der Waals surface area contributed by atoms with Crippen molar-refractivity contribution in [3.05, 3.63) is 61.5 Å². The molecule has 0 radical (unpaired) electrons. The molecule has 1 saturated heterocycles. The summed E-state index contributed by atoms with van der Waals surface area (Å²) in [6.45, 7) is 4.86. The van der Waals surface area contributed by atoms with Gasteiger partial charge in [-0.1, -0.05) is 11.6 Å². The first-order valence-corrected chi connectivity index (χ1v) is 13.6. The number of benzene rings is 1. The Morgan fingerprint density at radius 1 is 1.25 bits per heavy atom. The Morgan fingerprint density at radius 2 is 2.02 bits per heavy atom. The fraction of sp³-hybridized carbons (Fsp3) is 0.444. The van der Waals surface area contributed by atoms with Crippen LogP contribution in [0.2, 0.25) is 0 Å². The van der Waals surface area contributed by atoms with Crippen LogP contribution in [0.15, 0.2) is 50.3 Å². The van der Waals surface area contributed by atoms with E-state index in [2.05, 4.69) is 16.0 Å². The SMILES string of the molecule is CC(C)n1c(=O)n(CC2CC2)c(=O)c2cc(NC(=O)C3CN(C(=O)NC4=CC(Cl)=C(C#N)NC4)CCO3)ccc21. The summed E-state index contributed by atoms with van der Waals surface area (Å²) in [6, 6.07) is 6.25. The maximum absolute atomic E-state index is 13.3. The molecule has 1 saturated carbocycles. The third kappa shape index (κ3) is 5.61. The van der Waals surface area contributed by atoms with Crippen LogP contribution in [0.1, 0.15) is 32.7 Å². The lowest BCUT2D eigenvalue weighted by molar-refractivity contribution is -0.131. The van der Waals surface area contributed by atoms with E-state index in [1.54, 1.807) is 22.8 Å². The van der Waals surface area contributed by atoms with E-state index in [9.17, 15) is 19.2 Å². The predicted octanol–water partition coefficient (Wildman–Crippen LogP) is 1.96. The fourth-order valence-corrected chi connectivity index (χ4v) is 5.07. The number of nitrogens with one attached hydrogen (secondary N) is 3. The number of anilines is 1. The molecule has 0 bridgehead atoms. The number of fused-ring (bicyclic) bond motifs is 1. The first-order valence-electron chi connectivity index (χ1n) is 13.2. The Hall–Kier alpha value is -4.08. The monoisotopic (exact) mass is 567 g/mol. The number of carbonyl (C=O) groups is 2. The Bertz CT molecular complexity index is 1600. The minimum atomic E-state index is -0.932. The van der Waals surface area contributed by atoms with Gasteiger partial charge in [0.15, 0.2) is 6.10 Å². The molecule has 40 heavy (non-hydrogen) atoms. The Morgan fingerprint density at radius 3 is 2.70 bits per heavy atom. The van der Waals surface area contributed by atoms with Crippen LogP contribution in [0.25, 0.3) is 10.9 Å². The van der Waals surface area contributed by atoms with Gasteiger partial charge < -0.3 is 25.6 Å². The number of aromatic nitrogens is 2. The molecule has 3 amide bonds. The smallest absolute Gasteiger partial charge is 0.331 e. The average Bonchev–Trinajstić information content (AvgIpc) is 3.76. The van der Waals surface area contributed by atoms with E-state index in [1.165, 1.54) is 15.5 Å². The lowest BCUT2D eigenvalue weighted by atomic mass is 10.2. The lowest BCUT2D eigenvalue weighted by Crippen LogP contribution is -2.53. The van der Waals surface area contributed by atoms with Crippen molar-refractivity contribution in [1.29, 1.82) is 5.26 Å². The minimum absolute atomic E-state index is 0.0139. The van der Waals surface area contributed by atoms with Crippen LogP contribution < -0.4 is 27.2 Å². The molecule has 3 heterocycles. The van der Waals surface area contributed by atoms with Crippen molar-refractivity contribution in [2.45, 2.75) is 45.4 Å². The minimum Gasteiger partial charge on any atom is -0.370 e. The summed E-state index contributed by atoms with van der Waals surface area (Å²) in [4.78, 5) is 53.8. The summed E-state index contributed by atoms with van der Waals surface area (Å²) >= 11 is 6.04. The van der Waals surface area contributed by atoms with Crippen LogP contribution in [-0.2, 0) is 16.1 Å². The number of nitrogens with zero attached hydrogens (tertiary/aromatic N) is 4. The molecule has 2 fully saturated rings. The van der Waals surface area contributed by atoms with Crippen LogP contribution in [0.3, 0.4) is 0 Å². The highest BCUT2D eigenvalue weighted by Crippen LogP contribution is 2.30. The highest BCUT2D eigenvalue weighted by Gasteiger charge is 2.30. The van der Waals surface area contributed by atoms with E-state index in [0.29, 0.717) is 34.8 Å². The third-order valence-electron chi connectivity index (χ3n) is 7.11. The molecule has 210 valence electrons. The zero-order valence-electron chi connectivity index (χ0n) is 22.2. The van der Waals surface area contributed by atoms with Gasteiger partial charge >= 0.3 is 11.7 Å². The fourth-order valence-electron chi connectivity index (χ4n) is 4.83. The average molecular weight is 568 g/mol. The summed E-state index contributed by atoms with van der Waals surface area (Å²) in [7, 11) is 0. The van der Waals surface area contributed by atoms with Crippen molar-refractivity contribution in [2.24, 2.45) is 5.92 Å². The molecule has 1 aliphatic carbocycles. The Balaban J connectivity index is 1.31. The van der Waals surface area contributed by atoms with Gasteiger partial charge in [-0.15, -0.1) is 0 Å². The van der Waals surface area contributed by atoms with Crippen molar-refractivity contribution in [3.63, 3.8) is 0 Å². The van der Waals surface area contributed by atoms with Crippen LogP contribution in [0, 0.1) is 17.2 Å². The Kier molecular flexibility index (Phi) is 7.69. The van der Waals surface area contributed by atoms with Crippen molar-refractivity contribution >= 4 is 40.1 Å². The summed E-state index contributed by atoms with van der Waals surface area (Å²) in [6.07, 6.45) is 2.58. The molecule has 2 aromatic rings. The van der Waals surface area contributed by atoms with Crippen molar-refractivity contribution in [1.82, 2.24) is 24.7 Å². The molecule has 12 nitrogen and oxygen atoms in total. The van der Waals surface area contributed by atoms with Crippen molar-refractivity contribution < 1.29 is 14.3 Å². The van der Waals surface area contributed by atoms with Crippen LogP contribution in [-0.4, -0.2) is 58.3 Å². The van der Waals surface area contributed by atoms with Gasteiger partial charge in [0.05, 0.1) is 35.6 Å². The second-order valence-corrected chi connectivity index (χ2v) is 10.8. The first-order chi connectivity index (χ1) is 19.2. The van der Waals surface area contributed by atoms with Gasteiger partial charge in [-0.3, -0.25) is 18.7 Å². The second kappa shape index (κ2) is 11.2. The third-order valence-corrected chi connectivity index (χ3v) is 7.41. The van der Waals surface area contributed by atoms with Gasteiger partial charge in [0.2, 0.25) is 0 Å². The molecule has 2 aliphatic heterocycles. The molecule has 1 aromatic heterocycles.